The second kappa shape index (κ2) is 6.54. The molecule has 4 atom stereocenters. The number of nitrogens with zero attached hydrogens (tertiary/aromatic N) is 2. The molecule has 2 aliphatic carbocycles. The lowest BCUT2D eigenvalue weighted by Gasteiger charge is -2.13. The number of carbonyl (C=O) groups excluding carboxylic acids is 2. The number of fused-ring (bicyclic) bond motifs is 5. The number of hydrazone groups is 1. The molecule has 1 heterocycles. The summed E-state index contributed by atoms with van der Waals surface area (Å²) >= 11 is 3.47. The molecule has 0 spiro atoms. The lowest BCUT2D eigenvalue weighted by Crippen LogP contribution is -2.28. The summed E-state index contributed by atoms with van der Waals surface area (Å²) in [6.07, 6.45) is 6.56. The van der Waals surface area contributed by atoms with Gasteiger partial charge in [0.15, 0.2) is 11.5 Å². The maximum Gasteiger partial charge on any atom is 0.254 e. The fraction of sp³-hybridized carbons (Fsp3) is 0.421. The van der Waals surface area contributed by atoms with Crippen LogP contribution in [0.15, 0.2) is 33.9 Å². The number of amides is 2. The lowest BCUT2D eigenvalue weighted by molar-refractivity contribution is -0.140. The quantitative estimate of drug-likeness (QED) is 0.418. The second-order valence-corrected chi connectivity index (χ2v) is 7.54. The third kappa shape index (κ3) is 2.57. The van der Waals surface area contributed by atoms with Crippen molar-refractivity contribution >= 4 is 34.0 Å². The summed E-state index contributed by atoms with van der Waals surface area (Å²) < 4.78 is 11.6. The molecule has 2 bridgehead atoms. The summed E-state index contributed by atoms with van der Waals surface area (Å²) in [5, 5.41) is 5.25. The summed E-state index contributed by atoms with van der Waals surface area (Å²) in [6, 6.07) is 3.55. The first-order chi connectivity index (χ1) is 12.5. The Morgan fingerprint density at radius 3 is 2.42 bits per heavy atom. The zero-order valence-corrected chi connectivity index (χ0v) is 16.1. The molecule has 2 fully saturated rings. The van der Waals surface area contributed by atoms with Gasteiger partial charge in [0.1, 0.15) is 0 Å². The molecule has 1 saturated carbocycles. The summed E-state index contributed by atoms with van der Waals surface area (Å²) in [5.74, 6) is 0.670. The first kappa shape index (κ1) is 17.3. The van der Waals surface area contributed by atoms with Gasteiger partial charge < -0.3 is 9.47 Å². The summed E-state index contributed by atoms with van der Waals surface area (Å²) in [7, 11) is 1.57. The fourth-order valence-corrected chi connectivity index (χ4v) is 4.62. The zero-order valence-electron chi connectivity index (χ0n) is 14.5. The molecule has 6 nitrogen and oxygen atoms in total. The van der Waals surface area contributed by atoms with E-state index in [2.05, 4.69) is 33.2 Å². The molecule has 0 aromatic heterocycles. The fourth-order valence-electron chi connectivity index (χ4n) is 4.20. The molecule has 0 radical (unpaired) electrons. The number of rotatable bonds is 5. The largest absolute Gasteiger partial charge is 0.493 e. The number of hydrogen-bond donors (Lipinski definition) is 0. The molecule has 26 heavy (non-hydrogen) atoms. The third-order valence-corrected chi connectivity index (χ3v) is 6.03. The second-order valence-electron chi connectivity index (χ2n) is 6.69. The molecule has 3 aliphatic rings. The van der Waals surface area contributed by atoms with E-state index in [1.807, 2.05) is 6.92 Å². The molecule has 1 aliphatic heterocycles. The van der Waals surface area contributed by atoms with Crippen molar-refractivity contribution in [3.05, 3.63) is 34.3 Å². The predicted molar refractivity (Wildman–Crippen MR) is 99.0 cm³/mol. The Labute approximate surface area is 160 Å². The molecule has 1 saturated heterocycles. The minimum atomic E-state index is -0.243. The highest BCUT2D eigenvalue weighted by Crippen LogP contribution is 2.52. The molecule has 1 aromatic carbocycles. The molecular formula is C19H19BrN2O4. The molecule has 0 N–H and O–H groups in total. The van der Waals surface area contributed by atoms with E-state index in [-0.39, 0.29) is 35.5 Å². The number of imide groups is 1. The number of ether oxygens (including phenoxy) is 2. The van der Waals surface area contributed by atoms with Crippen molar-refractivity contribution in [1.82, 2.24) is 5.01 Å². The van der Waals surface area contributed by atoms with E-state index in [0.29, 0.717) is 23.7 Å². The van der Waals surface area contributed by atoms with Gasteiger partial charge in [0.25, 0.3) is 11.8 Å². The summed E-state index contributed by atoms with van der Waals surface area (Å²) in [5.41, 5.74) is 0.702. The van der Waals surface area contributed by atoms with Crippen molar-refractivity contribution in [2.24, 2.45) is 28.8 Å². The van der Waals surface area contributed by atoms with E-state index in [0.717, 1.165) is 15.9 Å². The Morgan fingerprint density at radius 1 is 1.19 bits per heavy atom. The Hall–Kier alpha value is -2.15. The van der Waals surface area contributed by atoms with Gasteiger partial charge in [-0.2, -0.15) is 10.1 Å². The first-order valence-electron chi connectivity index (χ1n) is 8.65. The van der Waals surface area contributed by atoms with E-state index in [1.54, 1.807) is 19.2 Å². The van der Waals surface area contributed by atoms with Gasteiger partial charge in [-0.3, -0.25) is 9.59 Å². The molecule has 2 amide bonds. The van der Waals surface area contributed by atoms with Crippen molar-refractivity contribution < 1.29 is 19.1 Å². The minimum absolute atomic E-state index is 0.180. The van der Waals surface area contributed by atoms with Crippen molar-refractivity contribution in [2.45, 2.75) is 13.3 Å². The molecule has 4 rings (SSSR count). The van der Waals surface area contributed by atoms with Crippen LogP contribution in [0, 0.1) is 23.7 Å². The van der Waals surface area contributed by atoms with Crippen molar-refractivity contribution in [3.8, 4) is 11.5 Å². The Kier molecular flexibility index (Phi) is 4.34. The van der Waals surface area contributed by atoms with Crippen LogP contribution in [0.4, 0.5) is 0 Å². The highest BCUT2D eigenvalue weighted by molar-refractivity contribution is 9.10. The maximum atomic E-state index is 12.7. The van der Waals surface area contributed by atoms with Crippen LogP contribution in [0.5, 0.6) is 11.5 Å². The molecule has 1 aromatic rings. The number of methoxy groups -OCH3 is 1. The van der Waals surface area contributed by atoms with Crippen LogP contribution in [0.1, 0.15) is 18.9 Å². The Balaban J connectivity index is 1.60. The number of hydrogen-bond acceptors (Lipinski definition) is 5. The van der Waals surface area contributed by atoms with Gasteiger partial charge in [-0.15, -0.1) is 0 Å². The first-order valence-corrected chi connectivity index (χ1v) is 9.45. The molecule has 136 valence electrons. The van der Waals surface area contributed by atoms with Gasteiger partial charge in [-0.05, 0) is 53.2 Å². The van der Waals surface area contributed by atoms with E-state index < -0.39 is 0 Å². The van der Waals surface area contributed by atoms with Crippen LogP contribution in [0.2, 0.25) is 0 Å². The van der Waals surface area contributed by atoms with Crippen LogP contribution in [-0.2, 0) is 9.59 Å². The van der Waals surface area contributed by atoms with Gasteiger partial charge in [0, 0.05) is 10.0 Å². The lowest BCUT2D eigenvalue weighted by atomic mass is 9.85. The van der Waals surface area contributed by atoms with Gasteiger partial charge in [0.2, 0.25) is 0 Å². The maximum absolute atomic E-state index is 12.7. The SMILES string of the molecule is CCOc1cc(C=NN2C(=O)[C@@H]3[C@H](C2=O)[C@H]2C=C[C@H]3C2)c(Br)cc1OC. The standard InChI is InChI=1S/C19H19BrN2O4/c1-3-26-15-7-12(13(20)8-14(15)25-2)9-21-22-18(23)16-10-4-5-11(6-10)17(16)19(22)24/h4-5,7-11,16-17H,3,6H2,1-2H3/t10-,11-,16-,17+/m0/s1. The number of halogens is 1. The van der Waals surface area contributed by atoms with Gasteiger partial charge in [-0.25, -0.2) is 0 Å². The molecular weight excluding hydrogens is 400 g/mol. The highest BCUT2D eigenvalue weighted by Gasteiger charge is 2.59. The van der Waals surface area contributed by atoms with Gasteiger partial charge in [-0.1, -0.05) is 12.2 Å². The van der Waals surface area contributed by atoms with E-state index in [1.165, 1.54) is 6.21 Å². The predicted octanol–water partition coefficient (Wildman–Crippen LogP) is 3.00. The van der Waals surface area contributed by atoms with Crippen LogP contribution < -0.4 is 9.47 Å². The summed E-state index contributed by atoms with van der Waals surface area (Å²) in [4.78, 5) is 25.3. The van der Waals surface area contributed by atoms with Gasteiger partial charge in [0.05, 0.1) is 31.8 Å². The molecule has 0 unspecified atom stereocenters. The average Bonchev–Trinajstić information content (AvgIpc) is 3.30. The van der Waals surface area contributed by atoms with E-state index in [4.69, 9.17) is 9.47 Å². The van der Waals surface area contributed by atoms with Crippen LogP contribution in [0.25, 0.3) is 0 Å². The van der Waals surface area contributed by atoms with Crippen molar-refractivity contribution in [1.29, 1.82) is 0 Å². The van der Waals surface area contributed by atoms with Crippen molar-refractivity contribution in [2.75, 3.05) is 13.7 Å². The monoisotopic (exact) mass is 418 g/mol. The van der Waals surface area contributed by atoms with Crippen molar-refractivity contribution in [3.63, 3.8) is 0 Å². The highest BCUT2D eigenvalue weighted by atomic mass is 79.9. The summed E-state index contributed by atoms with van der Waals surface area (Å²) in [6.45, 7) is 2.38. The molecule has 7 heteroatoms. The normalized spacial score (nSPS) is 29.1. The topological polar surface area (TPSA) is 68.2 Å². The average molecular weight is 419 g/mol. The third-order valence-electron chi connectivity index (χ3n) is 5.34. The zero-order chi connectivity index (χ0) is 18.4. The van der Waals surface area contributed by atoms with E-state index >= 15 is 0 Å². The van der Waals surface area contributed by atoms with Gasteiger partial charge >= 0.3 is 0 Å². The smallest absolute Gasteiger partial charge is 0.254 e. The Morgan fingerprint density at radius 2 is 1.85 bits per heavy atom. The van der Waals surface area contributed by atoms with E-state index in [9.17, 15) is 9.59 Å². The van der Waals surface area contributed by atoms with Crippen LogP contribution in [0.3, 0.4) is 0 Å². The number of benzene rings is 1. The van der Waals surface area contributed by atoms with Crippen LogP contribution in [-0.4, -0.2) is 36.8 Å². The minimum Gasteiger partial charge on any atom is -0.493 e. The number of allylic oxidation sites excluding steroid dienone is 2. The Bertz CT molecular complexity index is 805. The van der Waals surface area contributed by atoms with Crippen LogP contribution >= 0.6 is 15.9 Å². The number of carbonyl (C=O) groups is 2.